The molecule has 5 nitrogen and oxygen atoms in total. The van der Waals surface area contributed by atoms with Gasteiger partial charge < -0.3 is 15.3 Å². The summed E-state index contributed by atoms with van der Waals surface area (Å²) in [5, 5.41) is 4.30. The molecule has 4 aromatic rings. The number of aromatic amines is 2. The highest BCUT2D eigenvalue weighted by molar-refractivity contribution is 6.10. The van der Waals surface area contributed by atoms with Crippen molar-refractivity contribution in [2.75, 3.05) is 5.32 Å². The SMILES string of the molecule is Cc1c[nH]c2cccc(NC(=O)c3c[nH]c4ccccc4c3=O)c12. The molecule has 0 aliphatic carbocycles. The highest BCUT2D eigenvalue weighted by atomic mass is 16.2. The number of amides is 1. The smallest absolute Gasteiger partial charge is 0.261 e. The van der Waals surface area contributed by atoms with E-state index in [-0.39, 0.29) is 11.0 Å². The first-order valence-electron chi connectivity index (χ1n) is 7.63. The van der Waals surface area contributed by atoms with E-state index < -0.39 is 5.91 Å². The van der Waals surface area contributed by atoms with E-state index in [2.05, 4.69) is 15.3 Å². The molecule has 4 rings (SSSR count). The van der Waals surface area contributed by atoms with E-state index in [4.69, 9.17) is 0 Å². The first-order chi connectivity index (χ1) is 11.6. The van der Waals surface area contributed by atoms with Gasteiger partial charge in [-0.2, -0.15) is 0 Å². The molecule has 0 unspecified atom stereocenters. The van der Waals surface area contributed by atoms with Crippen molar-refractivity contribution < 1.29 is 4.79 Å². The second-order valence-electron chi connectivity index (χ2n) is 5.73. The summed E-state index contributed by atoms with van der Waals surface area (Å²) in [6.07, 6.45) is 3.35. The molecule has 0 fully saturated rings. The van der Waals surface area contributed by atoms with Crippen LogP contribution in [0.15, 0.2) is 59.7 Å². The van der Waals surface area contributed by atoms with E-state index in [9.17, 15) is 9.59 Å². The summed E-state index contributed by atoms with van der Waals surface area (Å²) in [4.78, 5) is 31.3. The van der Waals surface area contributed by atoms with Gasteiger partial charge in [-0.15, -0.1) is 0 Å². The van der Waals surface area contributed by atoms with E-state index in [1.54, 1.807) is 12.1 Å². The largest absolute Gasteiger partial charge is 0.361 e. The van der Waals surface area contributed by atoms with Crippen LogP contribution in [0.2, 0.25) is 0 Å². The molecule has 0 spiro atoms. The predicted molar refractivity (Wildman–Crippen MR) is 95.6 cm³/mol. The van der Waals surface area contributed by atoms with E-state index in [1.807, 2.05) is 43.5 Å². The molecule has 1 amide bonds. The Kier molecular flexibility index (Phi) is 3.20. The molecular weight excluding hydrogens is 302 g/mol. The summed E-state index contributed by atoms with van der Waals surface area (Å²) in [5.41, 5.74) is 3.19. The highest BCUT2D eigenvalue weighted by Crippen LogP contribution is 2.26. The number of carbonyl (C=O) groups is 1. The number of nitrogens with one attached hydrogen (secondary N) is 3. The Hall–Kier alpha value is -3.34. The summed E-state index contributed by atoms with van der Waals surface area (Å²) in [6, 6.07) is 12.8. The molecule has 0 saturated carbocycles. The van der Waals surface area contributed by atoms with Crippen molar-refractivity contribution in [3.8, 4) is 0 Å². The number of aryl methyl sites for hydroxylation is 1. The van der Waals surface area contributed by atoms with Gasteiger partial charge in [0, 0.05) is 34.2 Å². The Morgan fingerprint density at radius 3 is 2.58 bits per heavy atom. The van der Waals surface area contributed by atoms with Crippen LogP contribution in [0.4, 0.5) is 5.69 Å². The lowest BCUT2D eigenvalue weighted by atomic mass is 10.1. The molecule has 3 N–H and O–H groups in total. The molecule has 2 aromatic carbocycles. The number of hydrogen-bond acceptors (Lipinski definition) is 2. The molecular formula is C19H15N3O2. The van der Waals surface area contributed by atoms with Gasteiger partial charge in [0.25, 0.3) is 5.91 Å². The first kappa shape index (κ1) is 14.3. The number of anilines is 1. The standard InChI is InChI=1S/C19H15N3O2/c1-11-9-20-15-7-4-8-16(17(11)15)22-19(24)13-10-21-14-6-3-2-5-12(14)18(13)23/h2-10,20H,1H3,(H,21,23)(H,22,24). The van der Waals surface area contributed by atoms with Crippen molar-refractivity contribution in [1.29, 1.82) is 0 Å². The molecule has 0 aliphatic heterocycles. The van der Waals surface area contributed by atoms with Gasteiger partial charge in [0.2, 0.25) is 5.43 Å². The maximum Gasteiger partial charge on any atom is 0.261 e. The first-order valence-corrected chi connectivity index (χ1v) is 7.63. The molecule has 0 atom stereocenters. The van der Waals surface area contributed by atoms with Crippen molar-refractivity contribution in [3.63, 3.8) is 0 Å². The predicted octanol–water partition coefficient (Wildman–Crippen LogP) is 3.57. The van der Waals surface area contributed by atoms with E-state index in [0.717, 1.165) is 16.5 Å². The van der Waals surface area contributed by atoms with Crippen LogP contribution in [0.1, 0.15) is 15.9 Å². The Bertz CT molecular complexity index is 1140. The fourth-order valence-electron chi connectivity index (χ4n) is 2.99. The fraction of sp³-hybridized carbons (Fsp3) is 0.0526. The minimum absolute atomic E-state index is 0.0962. The number of pyridine rings is 1. The second-order valence-corrected chi connectivity index (χ2v) is 5.73. The summed E-state index contributed by atoms with van der Waals surface area (Å²) in [5.74, 6) is -0.421. The van der Waals surface area contributed by atoms with Gasteiger partial charge in [-0.3, -0.25) is 9.59 Å². The van der Waals surface area contributed by atoms with Gasteiger partial charge in [0.15, 0.2) is 0 Å². The van der Waals surface area contributed by atoms with Gasteiger partial charge in [-0.05, 0) is 36.8 Å². The van der Waals surface area contributed by atoms with E-state index in [1.165, 1.54) is 6.20 Å². The van der Waals surface area contributed by atoms with Crippen molar-refractivity contribution in [2.45, 2.75) is 6.92 Å². The minimum atomic E-state index is -0.421. The van der Waals surface area contributed by atoms with Crippen molar-refractivity contribution in [1.82, 2.24) is 9.97 Å². The maximum absolute atomic E-state index is 12.6. The number of aromatic nitrogens is 2. The fourth-order valence-corrected chi connectivity index (χ4v) is 2.99. The van der Waals surface area contributed by atoms with Crippen LogP contribution in [0, 0.1) is 6.92 Å². The molecule has 118 valence electrons. The zero-order valence-electron chi connectivity index (χ0n) is 13.0. The number of carbonyl (C=O) groups excluding carboxylic acids is 1. The van der Waals surface area contributed by atoms with Crippen LogP contribution in [-0.4, -0.2) is 15.9 Å². The third-order valence-electron chi connectivity index (χ3n) is 4.18. The number of H-pyrrole nitrogens is 2. The quantitative estimate of drug-likeness (QED) is 0.528. The van der Waals surface area contributed by atoms with Crippen LogP contribution < -0.4 is 10.7 Å². The Morgan fingerprint density at radius 1 is 0.958 bits per heavy atom. The van der Waals surface area contributed by atoms with Crippen LogP contribution in [0.25, 0.3) is 21.8 Å². The summed E-state index contributed by atoms with van der Waals surface area (Å²) < 4.78 is 0. The number of para-hydroxylation sites is 1. The van der Waals surface area contributed by atoms with Crippen LogP contribution in [-0.2, 0) is 0 Å². The van der Waals surface area contributed by atoms with Crippen LogP contribution in [0.5, 0.6) is 0 Å². The summed E-state index contributed by atoms with van der Waals surface area (Å²) in [7, 11) is 0. The third kappa shape index (κ3) is 2.18. The normalized spacial score (nSPS) is 11.0. The highest BCUT2D eigenvalue weighted by Gasteiger charge is 2.15. The maximum atomic E-state index is 12.6. The molecule has 5 heteroatoms. The third-order valence-corrected chi connectivity index (χ3v) is 4.18. The lowest BCUT2D eigenvalue weighted by Crippen LogP contribution is -2.22. The molecule has 2 heterocycles. The van der Waals surface area contributed by atoms with Crippen LogP contribution in [0.3, 0.4) is 0 Å². The molecule has 0 radical (unpaired) electrons. The molecule has 24 heavy (non-hydrogen) atoms. The van der Waals surface area contributed by atoms with Crippen LogP contribution >= 0.6 is 0 Å². The number of fused-ring (bicyclic) bond motifs is 2. The number of rotatable bonds is 2. The molecule has 0 aliphatic rings. The lowest BCUT2D eigenvalue weighted by Gasteiger charge is -2.08. The summed E-state index contributed by atoms with van der Waals surface area (Å²) in [6.45, 7) is 1.97. The van der Waals surface area contributed by atoms with Gasteiger partial charge >= 0.3 is 0 Å². The average Bonchev–Trinajstić information content (AvgIpc) is 2.98. The Balaban J connectivity index is 1.78. The minimum Gasteiger partial charge on any atom is -0.361 e. The monoisotopic (exact) mass is 317 g/mol. The van der Waals surface area contributed by atoms with Gasteiger partial charge in [0.1, 0.15) is 5.56 Å². The molecule has 2 aromatic heterocycles. The Labute approximate surface area is 137 Å². The second kappa shape index (κ2) is 5.38. The van der Waals surface area contributed by atoms with Gasteiger partial charge in [-0.25, -0.2) is 0 Å². The number of benzene rings is 2. The zero-order valence-corrected chi connectivity index (χ0v) is 13.0. The van der Waals surface area contributed by atoms with Gasteiger partial charge in [0.05, 0.1) is 5.69 Å². The van der Waals surface area contributed by atoms with Crippen molar-refractivity contribution in [2.24, 2.45) is 0 Å². The average molecular weight is 317 g/mol. The lowest BCUT2D eigenvalue weighted by molar-refractivity contribution is 0.102. The van der Waals surface area contributed by atoms with Gasteiger partial charge in [-0.1, -0.05) is 18.2 Å². The zero-order chi connectivity index (χ0) is 16.7. The summed E-state index contributed by atoms with van der Waals surface area (Å²) >= 11 is 0. The molecule has 0 bridgehead atoms. The van der Waals surface area contributed by atoms with Crippen molar-refractivity contribution in [3.05, 3.63) is 76.2 Å². The number of hydrogen-bond donors (Lipinski definition) is 3. The van der Waals surface area contributed by atoms with Crippen molar-refractivity contribution >= 4 is 33.4 Å². The topological polar surface area (TPSA) is 77.8 Å². The molecule has 0 saturated heterocycles. The Morgan fingerprint density at radius 2 is 1.71 bits per heavy atom. The van der Waals surface area contributed by atoms with E-state index in [0.29, 0.717) is 16.6 Å². The van der Waals surface area contributed by atoms with E-state index >= 15 is 0 Å².